The predicted octanol–water partition coefficient (Wildman–Crippen LogP) is 1.96. The van der Waals surface area contributed by atoms with Crippen LogP contribution in [-0.4, -0.2) is 25.2 Å². The quantitative estimate of drug-likeness (QED) is 0.476. The summed E-state index contributed by atoms with van der Waals surface area (Å²) in [4.78, 5) is 26.9. The van der Waals surface area contributed by atoms with Crippen molar-refractivity contribution in [3.05, 3.63) is 0 Å². The second-order valence-electron chi connectivity index (χ2n) is 4.01. The van der Waals surface area contributed by atoms with Crippen LogP contribution in [0, 0.1) is 17.8 Å². The molecule has 0 bridgehead atoms. The van der Waals surface area contributed by atoms with Crippen molar-refractivity contribution in [3.63, 3.8) is 0 Å². The van der Waals surface area contributed by atoms with Crippen molar-refractivity contribution >= 4 is 12.2 Å². The lowest BCUT2D eigenvalue weighted by molar-refractivity contribution is 0.274. The second-order valence-corrected chi connectivity index (χ2v) is 4.01. The van der Waals surface area contributed by atoms with Gasteiger partial charge in [-0.25, -0.2) is 19.6 Å². The Labute approximate surface area is 90.5 Å². The number of carbonyl (C=O) groups excluding carboxylic acids is 2. The Morgan fingerprint density at radius 2 is 1.60 bits per heavy atom. The van der Waals surface area contributed by atoms with Crippen LogP contribution in [0.1, 0.15) is 27.2 Å². The van der Waals surface area contributed by atoms with E-state index in [1.807, 2.05) is 0 Å². The van der Waals surface area contributed by atoms with Crippen molar-refractivity contribution in [2.45, 2.75) is 27.2 Å². The van der Waals surface area contributed by atoms with Crippen molar-refractivity contribution in [2.75, 3.05) is 13.1 Å². The third kappa shape index (κ3) is 5.95. The number of nitrogens with zero attached hydrogens (tertiary/aromatic N) is 2. The largest absolute Gasteiger partial charge is 0.234 e. The predicted molar refractivity (Wildman–Crippen MR) is 58.1 cm³/mol. The van der Waals surface area contributed by atoms with Crippen LogP contribution in [0.4, 0.5) is 0 Å². The molecule has 0 spiro atoms. The molecule has 84 valence electrons. The van der Waals surface area contributed by atoms with Crippen molar-refractivity contribution in [1.29, 1.82) is 0 Å². The third-order valence-corrected chi connectivity index (χ3v) is 3.00. The molecule has 3 atom stereocenters. The number of aliphatic imine (C=N–C) groups is 2. The molecule has 0 radical (unpaired) electrons. The van der Waals surface area contributed by atoms with Gasteiger partial charge in [-0.3, -0.25) is 0 Å². The van der Waals surface area contributed by atoms with Crippen LogP contribution in [0.2, 0.25) is 0 Å². The maximum Gasteiger partial charge on any atom is 0.234 e. The van der Waals surface area contributed by atoms with Crippen molar-refractivity contribution in [3.8, 4) is 0 Å². The molecule has 0 aromatic carbocycles. The Hall–Kier alpha value is -1.24. The molecule has 0 aliphatic rings. The molecule has 0 amide bonds. The maximum atomic E-state index is 9.96. The molecule has 4 nitrogen and oxygen atoms in total. The van der Waals surface area contributed by atoms with Crippen LogP contribution < -0.4 is 0 Å². The van der Waals surface area contributed by atoms with E-state index in [4.69, 9.17) is 0 Å². The van der Waals surface area contributed by atoms with Crippen LogP contribution in [0.5, 0.6) is 0 Å². The second kappa shape index (κ2) is 8.10. The zero-order valence-electron chi connectivity index (χ0n) is 9.56. The average molecular weight is 210 g/mol. The van der Waals surface area contributed by atoms with E-state index in [1.54, 1.807) is 6.08 Å². The van der Waals surface area contributed by atoms with E-state index in [-0.39, 0.29) is 0 Å². The van der Waals surface area contributed by atoms with E-state index in [0.717, 1.165) is 6.42 Å². The van der Waals surface area contributed by atoms with Crippen LogP contribution in [0.3, 0.4) is 0 Å². The van der Waals surface area contributed by atoms with Crippen LogP contribution >= 0.6 is 0 Å². The highest BCUT2D eigenvalue weighted by molar-refractivity contribution is 5.33. The first-order valence-electron chi connectivity index (χ1n) is 5.20. The Morgan fingerprint density at radius 1 is 1.00 bits per heavy atom. The monoisotopic (exact) mass is 210 g/mol. The fourth-order valence-corrected chi connectivity index (χ4v) is 1.49. The molecule has 0 aliphatic heterocycles. The maximum absolute atomic E-state index is 9.96. The molecule has 0 heterocycles. The first-order chi connectivity index (χ1) is 7.13. The highest BCUT2D eigenvalue weighted by Gasteiger charge is 2.18. The lowest BCUT2D eigenvalue weighted by Gasteiger charge is -2.23. The Bertz CT molecular complexity index is 266. The molecule has 0 aliphatic carbocycles. The molecule has 0 saturated heterocycles. The van der Waals surface area contributed by atoms with Crippen molar-refractivity contribution in [1.82, 2.24) is 0 Å². The van der Waals surface area contributed by atoms with Gasteiger partial charge in [0.05, 0.1) is 13.1 Å². The number of isocyanates is 2. The molecule has 0 aromatic rings. The summed E-state index contributed by atoms with van der Waals surface area (Å²) < 4.78 is 0. The summed E-state index contributed by atoms with van der Waals surface area (Å²) >= 11 is 0. The number of hydrogen-bond acceptors (Lipinski definition) is 4. The molecular weight excluding hydrogens is 192 g/mol. The van der Waals surface area contributed by atoms with E-state index in [1.165, 1.54) is 6.08 Å². The van der Waals surface area contributed by atoms with E-state index < -0.39 is 0 Å². The lowest BCUT2D eigenvalue weighted by Crippen LogP contribution is -2.19. The standard InChI is InChI=1S/C11H18N2O2/c1-9(4-5-12-7-14)11(3)10(2)6-13-8-15/h9-11H,4-6H2,1-3H3/t9-,10+,11-/m1/s1. The zero-order valence-corrected chi connectivity index (χ0v) is 9.56. The smallest absolute Gasteiger partial charge is 0.211 e. The fraction of sp³-hybridized carbons (Fsp3) is 0.818. The van der Waals surface area contributed by atoms with Crippen LogP contribution in [0.25, 0.3) is 0 Å². The van der Waals surface area contributed by atoms with Gasteiger partial charge in [0.15, 0.2) is 0 Å². The Balaban J connectivity index is 3.99. The molecule has 0 N–H and O–H groups in total. The highest BCUT2D eigenvalue weighted by atomic mass is 16.1. The van der Waals surface area contributed by atoms with E-state index in [2.05, 4.69) is 30.8 Å². The molecule has 0 rings (SSSR count). The van der Waals surface area contributed by atoms with E-state index >= 15 is 0 Å². The Kier molecular flexibility index (Phi) is 7.43. The first kappa shape index (κ1) is 13.8. The summed E-state index contributed by atoms with van der Waals surface area (Å²) in [5.74, 6) is 1.25. The number of rotatable bonds is 7. The van der Waals surface area contributed by atoms with Gasteiger partial charge in [0, 0.05) is 0 Å². The van der Waals surface area contributed by atoms with Gasteiger partial charge < -0.3 is 0 Å². The summed E-state index contributed by atoms with van der Waals surface area (Å²) in [6.07, 6.45) is 3.95. The fourth-order valence-electron chi connectivity index (χ4n) is 1.49. The van der Waals surface area contributed by atoms with Crippen molar-refractivity contribution in [2.24, 2.45) is 27.7 Å². The van der Waals surface area contributed by atoms with Crippen molar-refractivity contribution < 1.29 is 9.59 Å². The molecule has 0 saturated carbocycles. The molecule has 4 heteroatoms. The minimum atomic E-state index is 0.349. The van der Waals surface area contributed by atoms with E-state index in [0.29, 0.717) is 30.8 Å². The molecule has 15 heavy (non-hydrogen) atoms. The minimum Gasteiger partial charge on any atom is -0.211 e. The molecule has 0 aromatic heterocycles. The number of hydrogen-bond donors (Lipinski definition) is 0. The zero-order chi connectivity index (χ0) is 11.7. The van der Waals surface area contributed by atoms with Gasteiger partial charge in [0.2, 0.25) is 12.2 Å². The van der Waals surface area contributed by atoms with Crippen LogP contribution in [0.15, 0.2) is 9.98 Å². The molecule has 0 fully saturated rings. The SMILES string of the molecule is C[C@H]([C@H](C)CCN=C=O)[C@@H](C)CN=C=O. The normalized spacial score (nSPS) is 15.7. The van der Waals surface area contributed by atoms with Gasteiger partial charge in [0.1, 0.15) is 0 Å². The summed E-state index contributed by atoms with van der Waals surface area (Å²) in [7, 11) is 0. The average Bonchev–Trinajstić information content (AvgIpc) is 2.24. The highest BCUT2D eigenvalue weighted by Crippen LogP contribution is 2.23. The third-order valence-electron chi connectivity index (χ3n) is 3.00. The van der Waals surface area contributed by atoms with Crippen LogP contribution in [-0.2, 0) is 9.59 Å². The lowest BCUT2D eigenvalue weighted by atomic mass is 9.83. The molecular formula is C11H18N2O2. The van der Waals surface area contributed by atoms with Gasteiger partial charge in [-0.1, -0.05) is 20.8 Å². The summed E-state index contributed by atoms with van der Waals surface area (Å²) in [5.41, 5.74) is 0. The van der Waals surface area contributed by atoms with Gasteiger partial charge in [0.25, 0.3) is 0 Å². The summed E-state index contributed by atoms with van der Waals surface area (Å²) in [6.45, 7) is 7.35. The summed E-state index contributed by atoms with van der Waals surface area (Å²) in [5, 5.41) is 0. The van der Waals surface area contributed by atoms with Gasteiger partial charge in [-0.05, 0) is 24.2 Å². The van der Waals surface area contributed by atoms with Gasteiger partial charge >= 0.3 is 0 Å². The topological polar surface area (TPSA) is 58.9 Å². The minimum absolute atomic E-state index is 0.349. The summed E-state index contributed by atoms with van der Waals surface area (Å²) in [6, 6.07) is 0. The molecule has 0 unspecified atom stereocenters. The Morgan fingerprint density at radius 3 is 2.13 bits per heavy atom. The first-order valence-corrected chi connectivity index (χ1v) is 5.20. The van der Waals surface area contributed by atoms with Gasteiger partial charge in [-0.2, -0.15) is 0 Å². The van der Waals surface area contributed by atoms with E-state index in [9.17, 15) is 9.59 Å². The van der Waals surface area contributed by atoms with Gasteiger partial charge in [-0.15, -0.1) is 0 Å².